The van der Waals surface area contributed by atoms with Crippen LogP contribution in [0.15, 0.2) is 42.5 Å². The summed E-state index contributed by atoms with van der Waals surface area (Å²) in [6.45, 7) is 2.62. The highest BCUT2D eigenvalue weighted by atomic mass is 16.6. The van der Waals surface area contributed by atoms with Gasteiger partial charge in [0.25, 0.3) is 5.69 Å². The van der Waals surface area contributed by atoms with Gasteiger partial charge in [0, 0.05) is 29.9 Å². The fraction of sp³-hybridized carbons (Fsp3) is 0.200. The normalized spacial score (nSPS) is 10.1. The van der Waals surface area contributed by atoms with Crippen molar-refractivity contribution in [3.63, 3.8) is 0 Å². The van der Waals surface area contributed by atoms with Crippen LogP contribution in [-0.4, -0.2) is 12.0 Å². The zero-order chi connectivity index (χ0) is 14.5. The molecule has 0 saturated carbocycles. The summed E-state index contributed by atoms with van der Waals surface area (Å²) in [5.74, 6) is 0.824. The molecule has 0 aliphatic rings. The van der Waals surface area contributed by atoms with E-state index in [2.05, 4.69) is 11.4 Å². The van der Waals surface area contributed by atoms with Gasteiger partial charge in [0.2, 0.25) is 0 Å². The van der Waals surface area contributed by atoms with Gasteiger partial charge in [0.1, 0.15) is 5.75 Å². The average molecular weight is 272 g/mol. The standard InChI is InChI=1S/C15H16N2O3/c1-11-3-8-15(20-2)12(9-11)10-16-13-4-6-14(7-5-13)17(18)19/h3-9,16H,10H2,1-2H3. The van der Waals surface area contributed by atoms with E-state index < -0.39 is 4.92 Å². The second kappa shape index (κ2) is 6.06. The van der Waals surface area contributed by atoms with Gasteiger partial charge in [0.15, 0.2) is 0 Å². The predicted molar refractivity (Wildman–Crippen MR) is 78.2 cm³/mol. The Bertz CT molecular complexity index is 609. The van der Waals surface area contributed by atoms with E-state index in [9.17, 15) is 10.1 Å². The van der Waals surface area contributed by atoms with Crippen LogP contribution in [0.2, 0.25) is 0 Å². The largest absolute Gasteiger partial charge is 0.496 e. The summed E-state index contributed by atoms with van der Waals surface area (Å²) in [4.78, 5) is 10.2. The molecule has 0 aliphatic heterocycles. The minimum absolute atomic E-state index is 0.0867. The number of nitro groups is 1. The second-order valence-corrected chi connectivity index (χ2v) is 4.47. The zero-order valence-electron chi connectivity index (χ0n) is 11.4. The molecule has 0 bridgehead atoms. The van der Waals surface area contributed by atoms with Crippen LogP contribution in [0.4, 0.5) is 11.4 Å². The Balaban J connectivity index is 2.08. The number of nitrogens with zero attached hydrogens (tertiary/aromatic N) is 1. The minimum atomic E-state index is -0.409. The lowest BCUT2D eigenvalue weighted by molar-refractivity contribution is -0.384. The maximum Gasteiger partial charge on any atom is 0.269 e. The summed E-state index contributed by atoms with van der Waals surface area (Å²) in [6, 6.07) is 12.3. The number of anilines is 1. The summed E-state index contributed by atoms with van der Waals surface area (Å²) in [5.41, 5.74) is 3.12. The van der Waals surface area contributed by atoms with Crippen molar-refractivity contribution >= 4 is 11.4 Å². The summed E-state index contributed by atoms with van der Waals surface area (Å²) in [7, 11) is 1.64. The Morgan fingerprint density at radius 3 is 2.50 bits per heavy atom. The van der Waals surface area contributed by atoms with E-state index >= 15 is 0 Å². The molecule has 0 aromatic heterocycles. The van der Waals surface area contributed by atoms with Gasteiger partial charge in [-0.05, 0) is 25.1 Å². The summed E-state index contributed by atoms with van der Waals surface area (Å²) in [5, 5.41) is 13.8. The number of hydrogen-bond acceptors (Lipinski definition) is 4. The van der Waals surface area contributed by atoms with Crippen molar-refractivity contribution in [1.29, 1.82) is 0 Å². The second-order valence-electron chi connectivity index (χ2n) is 4.47. The molecule has 0 heterocycles. The van der Waals surface area contributed by atoms with Gasteiger partial charge < -0.3 is 10.1 Å². The maximum atomic E-state index is 10.6. The van der Waals surface area contributed by atoms with Crippen molar-refractivity contribution in [1.82, 2.24) is 0 Å². The molecule has 0 fully saturated rings. The molecule has 0 amide bonds. The lowest BCUT2D eigenvalue weighted by Gasteiger charge is -2.11. The van der Waals surface area contributed by atoms with Gasteiger partial charge in [0.05, 0.1) is 12.0 Å². The molecular formula is C15H16N2O3. The van der Waals surface area contributed by atoms with Gasteiger partial charge in [-0.25, -0.2) is 0 Å². The Kier molecular flexibility index (Phi) is 4.20. The molecule has 0 aliphatic carbocycles. The average Bonchev–Trinajstić information content (AvgIpc) is 2.45. The third-order valence-corrected chi connectivity index (χ3v) is 3.00. The van der Waals surface area contributed by atoms with E-state index in [4.69, 9.17) is 4.74 Å². The molecule has 104 valence electrons. The third-order valence-electron chi connectivity index (χ3n) is 3.00. The quantitative estimate of drug-likeness (QED) is 0.668. The number of benzene rings is 2. The van der Waals surface area contributed by atoms with Crippen LogP contribution in [0.3, 0.4) is 0 Å². The Morgan fingerprint density at radius 1 is 1.20 bits per heavy atom. The summed E-state index contributed by atoms with van der Waals surface area (Å²) < 4.78 is 5.31. The van der Waals surface area contributed by atoms with E-state index in [1.165, 1.54) is 12.1 Å². The highest BCUT2D eigenvalue weighted by molar-refractivity contribution is 5.50. The molecule has 20 heavy (non-hydrogen) atoms. The molecule has 0 saturated heterocycles. The molecule has 0 atom stereocenters. The number of rotatable bonds is 5. The van der Waals surface area contributed by atoms with Crippen molar-refractivity contribution in [2.24, 2.45) is 0 Å². The molecule has 2 rings (SSSR count). The molecule has 0 radical (unpaired) electrons. The van der Waals surface area contributed by atoms with Gasteiger partial charge in [-0.2, -0.15) is 0 Å². The smallest absolute Gasteiger partial charge is 0.269 e. The molecule has 2 aromatic carbocycles. The van der Waals surface area contributed by atoms with E-state index in [-0.39, 0.29) is 5.69 Å². The van der Waals surface area contributed by atoms with E-state index in [0.29, 0.717) is 6.54 Å². The topological polar surface area (TPSA) is 64.4 Å². The van der Waals surface area contributed by atoms with Crippen molar-refractivity contribution in [3.8, 4) is 5.75 Å². The molecule has 0 spiro atoms. The summed E-state index contributed by atoms with van der Waals surface area (Å²) in [6.07, 6.45) is 0. The third kappa shape index (κ3) is 3.26. The number of ether oxygens (including phenoxy) is 1. The Hall–Kier alpha value is -2.56. The van der Waals surface area contributed by atoms with Crippen LogP contribution in [0.25, 0.3) is 0 Å². The van der Waals surface area contributed by atoms with Crippen LogP contribution in [-0.2, 0) is 6.54 Å². The fourth-order valence-corrected chi connectivity index (χ4v) is 1.94. The fourth-order valence-electron chi connectivity index (χ4n) is 1.94. The number of non-ortho nitro benzene ring substituents is 1. The molecule has 0 unspecified atom stereocenters. The Labute approximate surface area is 117 Å². The van der Waals surface area contributed by atoms with Gasteiger partial charge >= 0.3 is 0 Å². The van der Waals surface area contributed by atoms with E-state index in [1.807, 2.05) is 19.1 Å². The first-order valence-electron chi connectivity index (χ1n) is 6.22. The van der Waals surface area contributed by atoms with Crippen LogP contribution < -0.4 is 10.1 Å². The minimum Gasteiger partial charge on any atom is -0.496 e. The lowest BCUT2D eigenvalue weighted by Crippen LogP contribution is -2.02. The number of nitro benzene ring substituents is 1. The number of hydrogen-bond donors (Lipinski definition) is 1. The van der Waals surface area contributed by atoms with Crippen molar-refractivity contribution in [2.75, 3.05) is 12.4 Å². The number of nitrogens with one attached hydrogen (secondary N) is 1. The van der Waals surface area contributed by atoms with Crippen LogP contribution in [0.5, 0.6) is 5.75 Å². The number of aryl methyl sites for hydroxylation is 1. The molecule has 5 heteroatoms. The first kappa shape index (κ1) is 13.9. The SMILES string of the molecule is COc1ccc(C)cc1CNc1ccc([N+](=O)[O-])cc1. The predicted octanol–water partition coefficient (Wildman–Crippen LogP) is 3.52. The van der Waals surface area contributed by atoms with Gasteiger partial charge in [-0.1, -0.05) is 17.7 Å². The molecular weight excluding hydrogens is 256 g/mol. The van der Waals surface area contributed by atoms with Gasteiger partial charge in [-0.15, -0.1) is 0 Å². The highest BCUT2D eigenvalue weighted by Crippen LogP contribution is 2.22. The van der Waals surface area contributed by atoms with Crippen molar-refractivity contribution < 1.29 is 9.66 Å². The zero-order valence-corrected chi connectivity index (χ0v) is 11.4. The molecule has 5 nitrogen and oxygen atoms in total. The first-order valence-corrected chi connectivity index (χ1v) is 6.22. The Morgan fingerprint density at radius 2 is 1.90 bits per heavy atom. The molecule has 1 N–H and O–H groups in total. The highest BCUT2D eigenvalue weighted by Gasteiger charge is 2.05. The summed E-state index contributed by atoms with van der Waals surface area (Å²) >= 11 is 0. The van der Waals surface area contributed by atoms with Crippen LogP contribution >= 0.6 is 0 Å². The van der Waals surface area contributed by atoms with E-state index in [0.717, 1.165) is 22.6 Å². The number of methoxy groups -OCH3 is 1. The van der Waals surface area contributed by atoms with E-state index in [1.54, 1.807) is 19.2 Å². The van der Waals surface area contributed by atoms with Gasteiger partial charge in [-0.3, -0.25) is 10.1 Å². The van der Waals surface area contributed by atoms with Crippen LogP contribution in [0.1, 0.15) is 11.1 Å². The lowest BCUT2D eigenvalue weighted by atomic mass is 10.1. The van der Waals surface area contributed by atoms with Crippen molar-refractivity contribution in [2.45, 2.75) is 13.5 Å². The molecule has 2 aromatic rings. The van der Waals surface area contributed by atoms with Crippen LogP contribution in [0, 0.1) is 17.0 Å². The monoisotopic (exact) mass is 272 g/mol. The maximum absolute atomic E-state index is 10.6. The van der Waals surface area contributed by atoms with Crippen molar-refractivity contribution in [3.05, 3.63) is 63.7 Å². The first-order chi connectivity index (χ1) is 9.60.